The van der Waals surface area contributed by atoms with Gasteiger partial charge in [-0.05, 0) is 56.0 Å². The first kappa shape index (κ1) is 32.4. The van der Waals surface area contributed by atoms with E-state index in [1.807, 2.05) is 60.4 Å². The van der Waals surface area contributed by atoms with Gasteiger partial charge in [-0.15, -0.1) is 0 Å². The smallest absolute Gasteiger partial charge is 0.245 e. The molecule has 2 fully saturated rings. The van der Waals surface area contributed by atoms with E-state index in [0.29, 0.717) is 36.5 Å². The summed E-state index contributed by atoms with van der Waals surface area (Å²) in [7, 11) is 2.18. The first-order valence-electron chi connectivity index (χ1n) is 15.4. The lowest BCUT2D eigenvalue weighted by Gasteiger charge is -2.47. The first-order chi connectivity index (χ1) is 20.1. The number of benzene rings is 2. The Bertz CT molecular complexity index is 1140. The maximum atomic E-state index is 13.9. The Labute approximate surface area is 257 Å². The number of halogens is 1. The van der Waals surface area contributed by atoms with Gasteiger partial charge in [-0.25, -0.2) is 10.0 Å². The molecule has 9 heteroatoms. The Morgan fingerprint density at radius 3 is 2.19 bits per heavy atom. The fourth-order valence-electron chi connectivity index (χ4n) is 5.97. The molecule has 8 nitrogen and oxygen atoms in total. The number of hydrogen-bond acceptors (Lipinski definition) is 6. The highest BCUT2D eigenvalue weighted by Crippen LogP contribution is 2.23. The Balaban J connectivity index is 1.41. The summed E-state index contributed by atoms with van der Waals surface area (Å²) >= 11 is 6.11. The molecule has 4 rings (SSSR count). The minimum Gasteiger partial charge on any atom is -0.344 e. The molecule has 2 aromatic carbocycles. The number of hydrazine groups is 1. The van der Waals surface area contributed by atoms with Gasteiger partial charge in [0, 0.05) is 75.8 Å². The number of carbonyl (C=O) groups is 2. The molecule has 2 heterocycles. The number of nitrogens with one attached hydrogen (secondary N) is 1. The van der Waals surface area contributed by atoms with Crippen LogP contribution in [0.4, 0.5) is 0 Å². The zero-order valence-electron chi connectivity index (χ0n) is 25.8. The molecule has 2 aliphatic heterocycles. The molecule has 1 unspecified atom stereocenters. The predicted molar refractivity (Wildman–Crippen MR) is 170 cm³/mol. The predicted octanol–water partition coefficient (Wildman–Crippen LogP) is 3.88. The minimum absolute atomic E-state index is 0.0318. The number of carbonyl (C=O) groups excluding carboxylic acids is 2. The molecule has 3 N–H and O–H groups in total. The van der Waals surface area contributed by atoms with Gasteiger partial charge in [0.25, 0.3) is 0 Å². The van der Waals surface area contributed by atoms with Crippen LogP contribution in [-0.4, -0.2) is 96.6 Å². The third-order valence-electron chi connectivity index (χ3n) is 8.49. The minimum atomic E-state index is -0.662. The number of rotatable bonds is 11. The van der Waals surface area contributed by atoms with Crippen LogP contribution in [-0.2, 0) is 16.0 Å². The summed E-state index contributed by atoms with van der Waals surface area (Å²) in [6.07, 6.45) is 2.36. The van der Waals surface area contributed by atoms with Gasteiger partial charge >= 0.3 is 0 Å². The Morgan fingerprint density at radius 1 is 0.976 bits per heavy atom. The highest BCUT2D eigenvalue weighted by Gasteiger charge is 2.34. The van der Waals surface area contributed by atoms with Crippen molar-refractivity contribution in [2.45, 2.75) is 64.6 Å². The van der Waals surface area contributed by atoms with Gasteiger partial charge in [0.2, 0.25) is 11.8 Å². The molecule has 2 saturated heterocycles. The number of piperidine rings is 1. The number of hydrogen-bond donors (Lipinski definition) is 2. The van der Waals surface area contributed by atoms with Gasteiger partial charge in [0.05, 0.1) is 0 Å². The van der Waals surface area contributed by atoms with E-state index >= 15 is 0 Å². The normalized spacial score (nSPS) is 18.8. The number of likely N-dealkylation sites (tertiary alicyclic amines) is 1. The lowest BCUT2D eigenvalue weighted by Crippen LogP contribution is -2.60. The standard InChI is InChI=1S/C33H49ClN6O2/c1-24(2)23-40(39-19-17-37(4)18-20-39)29-13-15-38(16-14-29)33(42)31(21-26-7-11-28(34)12-8-26)36-32(41)22-30(35)27-9-5-25(3)6-10-27/h5-12,24,29-31H,13-23,35H2,1-4H3,(H,36,41)/t30?,31-/m1/s1. The van der Waals surface area contributed by atoms with Gasteiger partial charge in [-0.2, -0.15) is 0 Å². The number of aryl methyl sites for hydroxylation is 1. The van der Waals surface area contributed by atoms with Gasteiger partial charge in [-0.3, -0.25) is 9.59 Å². The topological polar surface area (TPSA) is 85.1 Å². The van der Waals surface area contributed by atoms with E-state index in [-0.39, 0.29) is 18.2 Å². The largest absolute Gasteiger partial charge is 0.344 e. The fourth-order valence-corrected chi connectivity index (χ4v) is 6.09. The molecular weight excluding hydrogens is 548 g/mol. The van der Waals surface area contributed by atoms with Gasteiger partial charge in [0.1, 0.15) is 6.04 Å². The Kier molecular flexibility index (Phi) is 11.8. The molecule has 0 spiro atoms. The molecule has 230 valence electrons. The van der Waals surface area contributed by atoms with Crippen molar-refractivity contribution in [1.82, 2.24) is 25.1 Å². The summed E-state index contributed by atoms with van der Waals surface area (Å²) in [6.45, 7) is 13.2. The number of piperazine rings is 1. The van der Waals surface area contributed by atoms with Crippen molar-refractivity contribution < 1.29 is 9.59 Å². The van der Waals surface area contributed by atoms with Crippen LogP contribution >= 0.6 is 11.6 Å². The molecule has 2 aromatic rings. The van der Waals surface area contributed by atoms with Crippen molar-refractivity contribution in [2.24, 2.45) is 11.7 Å². The van der Waals surface area contributed by atoms with Crippen LogP contribution in [0.2, 0.25) is 5.02 Å². The van der Waals surface area contributed by atoms with Crippen LogP contribution in [0.25, 0.3) is 0 Å². The number of nitrogens with zero attached hydrogens (tertiary/aromatic N) is 4. The second-order valence-electron chi connectivity index (χ2n) is 12.5. The van der Waals surface area contributed by atoms with Crippen molar-refractivity contribution in [3.05, 3.63) is 70.2 Å². The van der Waals surface area contributed by atoms with Crippen LogP contribution in [0.3, 0.4) is 0 Å². The number of nitrogens with two attached hydrogens (primary N) is 1. The number of likely N-dealkylation sites (N-methyl/N-ethyl adjacent to an activating group) is 1. The number of amides is 2. The van der Waals surface area contributed by atoms with E-state index in [4.69, 9.17) is 17.3 Å². The maximum Gasteiger partial charge on any atom is 0.245 e. The first-order valence-corrected chi connectivity index (χ1v) is 15.8. The molecule has 0 radical (unpaired) electrons. The summed E-state index contributed by atoms with van der Waals surface area (Å²) in [6, 6.07) is 14.7. The average molecular weight is 597 g/mol. The van der Waals surface area contributed by atoms with E-state index in [1.54, 1.807) is 0 Å². The van der Waals surface area contributed by atoms with Crippen LogP contribution < -0.4 is 11.1 Å². The van der Waals surface area contributed by atoms with Crippen LogP contribution in [0.5, 0.6) is 0 Å². The summed E-state index contributed by atoms with van der Waals surface area (Å²) in [5, 5.41) is 8.79. The summed E-state index contributed by atoms with van der Waals surface area (Å²) < 4.78 is 0. The lowest BCUT2D eigenvalue weighted by molar-refractivity contribution is -0.140. The third-order valence-corrected chi connectivity index (χ3v) is 8.74. The van der Waals surface area contributed by atoms with Crippen molar-refractivity contribution in [1.29, 1.82) is 0 Å². The second-order valence-corrected chi connectivity index (χ2v) is 12.9. The summed E-state index contributed by atoms with van der Waals surface area (Å²) in [4.78, 5) is 31.4. The molecule has 0 bridgehead atoms. The third kappa shape index (κ3) is 9.25. The summed E-state index contributed by atoms with van der Waals surface area (Å²) in [5.74, 6) is 0.314. The van der Waals surface area contributed by atoms with Crippen molar-refractivity contribution >= 4 is 23.4 Å². The molecule has 2 amide bonds. The second kappa shape index (κ2) is 15.3. The van der Waals surface area contributed by atoms with Crippen LogP contribution in [0, 0.1) is 12.8 Å². The molecule has 42 heavy (non-hydrogen) atoms. The Hall–Kier alpha value is -2.49. The molecular formula is C33H49ClN6O2. The van der Waals surface area contributed by atoms with Crippen LogP contribution in [0.1, 0.15) is 55.8 Å². The molecule has 0 saturated carbocycles. The monoisotopic (exact) mass is 596 g/mol. The van der Waals surface area contributed by atoms with E-state index in [2.05, 4.69) is 41.1 Å². The molecule has 2 aliphatic rings. The highest BCUT2D eigenvalue weighted by atomic mass is 35.5. The van der Waals surface area contributed by atoms with E-state index in [9.17, 15) is 9.59 Å². The van der Waals surface area contributed by atoms with E-state index < -0.39 is 12.1 Å². The average Bonchev–Trinajstić information content (AvgIpc) is 2.97. The van der Waals surface area contributed by atoms with Gasteiger partial charge in [0.15, 0.2) is 0 Å². The van der Waals surface area contributed by atoms with Crippen molar-refractivity contribution in [3.63, 3.8) is 0 Å². The van der Waals surface area contributed by atoms with Crippen molar-refractivity contribution in [3.8, 4) is 0 Å². The van der Waals surface area contributed by atoms with Gasteiger partial charge < -0.3 is 20.9 Å². The van der Waals surface area contributed by atoms with E-state index in [1.165, 1.54) is 0 Å². The van der Waals surface area contributed by atoms with E-state index in [0.717, 1.165) is 62.3 Å². The zero-order chi connectivity index (χ0) is 30.2. The maximum absolute atomic E-state index is 13.9. The van der Waals surface area contributed by atoms with Gasteiger partial charge in [-0.1, -0.05) is 67.4 Å². The van der Waals surface area contributed by atoms with Crippen LogP contribution in [0.15, 0.2) is 48.5 Å². The fraction of sp³-hybridized carbons (Fsp3) is 0.576. The molecule has 0 aromatic heterocycles. The summed E-state index contributed by atoms with van der Waals surface area (Å²) in [5.41, 5.74) is 9.38. The molecule has 2 atom stereocenters. The Morgan fingerprint density at radius 2 is 1.60 bits per heavy atom. The SMILES string of the molecule is Cc1ccc(C(N)CC(=O)N[C@H](Cc2ccc(Cl)cc2)C(=O)N2CCC(N(CC(C)C)N3CCN(C)CC3)CC2)cc1. The highest BCUT2D eigenvalue weighted by molar-refractivity contribution is 6.30. The molecule has 0 aliphatic carbocycles. The zero-order valence-corrected chi connectivity index (χ0v) is 26.5. The van der Waals surface area contributed by atoms with Crippen molar-refractivity contribution in [2.75, 3.05) is 52.9 Å². The lowest BCUT2D eigenvalue weighted by atomic mass is 9.99. The quantitative estimate of drug-likeness (QED) is 0.410.